The standard InChI is InChI=1S/C27H20BF3O3/c1-2-25-32-14-17(15-33-25)3-4-20-9-10-21(13-23(20)29)18-5-7-19(8-6-18)22-11-12-24(34-16-28)27(31)26(22)30/h2,5-13,17,25H,1,14-16H2. The fourth-order valence-corrected chi connectivity index (χ4v) is 3.51. The first-order valence-corrected chi connectivity index (χ1v) is 10.6. The SMILES string of the molecule is [B]COc1ccc(-c2ccc(-c3ccc(C#CC4COC(C=C)OC4)c(F)c3)cc2)c(F)c1F. The molecule has 0 amide bonds. The summed E-state index contributed by atoms with van der Waals surface area (Å²) in [6.45, 7) is 4.13. The molecule has 34 heavy (non-hydrogen) atoms. The van der Waals surface area contributed by atoms with Crippen molar-refractivity contribution in [3.63, 3.8) is 0 Å². The summed E-state index contributed by atoms with van der Waals surface area (Å²) < 4.78 is 59.0. The lowest BCUT2D eigenvalue weighted by Gasteiger charge is -2.24. The molecule has 3 nitrogen and oxygen atoms in total. The molecule has 0 aromatic heterocycles. The van der Waals surface area contributed by atoms with Crippen LogP contribution in [0.15, 0.2) is 67.3 Å². The first-order valence-electron chi connectivity index (χ1n) is 10.6. The van der Waals surface area contributed by atoms with Crippen LogP contribution < -0.4 is 4.74 Å². The highest BCUT2D eigenvalue weighted by Gasteiger charge is 2.18. The summed E-state index contributed by atoms with van der Waals surface area (Å²) in [4.78, 5) is 0. The molecule has 0 N–H and O–H groups in total. The van der Waals surface area contributed by atoms with Crippen molar-refractivity contribution < 1.29 is 27.4 Å². The molecule has 0 bridgehead atoms. The molecule has 3 aromatic carbocycles. The van der Waals surface area contributed by atoms with Crippen molar-refractivity contribution in [2.24, 2.45) is 5.92 Å². The minimum absolute atomic E-state index is 0.0836. The Balaban J connectivity index is 1.50. The van der Waals surface area contributed by atoms with Gasteiger partial charge in [-0.3, -0.25) is 0 Å². The highest BCUT2D eigenvalue weighted by molar-refractivity contribution is 6.08. The van der Waals surface area contributed by atoms with Crippen LogP contribution in [0, 0.1) is 35.2 Å². The van der Waals surface area contributed by atoms with Crippen LogP contribution in [0.4, 0.5) is 13.2 Å². The molecular formula is C27H20BF3O3. The van der Waals surface area contributed by atoms with E-state index >= 15 is 0 Å². The average Bonchev–Trinajstić information content (AvgIpc) is 2.87. The van der Waals surface area contributed by atoms with Crippen molar-refractivity contribution in [3.8, 4) is 39.8 Å². The van der Waals surface area contributed by atoms with E-state index in [0.717, 1.165) is 5.56 Å². The summed E-state index contributed by atoms with van der Waals surface area (Å²) in [6, 6.07) is 14.2. The van der Waals surface area contributed by atoms with Crippen molar-refractivity contribution in [2.45, 2.75) is 6.29 Å². The van der Waals surface area contributed by atoms with E-state index in [1.807, 2.05) is 0 Å². The van der Waals surface area contributed by atoms with Crippen molar-refractivity contribution in [1.29, 1.82) is 0 Å². The van der Waals surface area contributed by atoms with Gasteiger partial charge in [0, 0.05) is 12.1 Å². The van der Waals surface area contributed by atoms with Gasteiger partial charge in [-0.2, -0.15) is 4.39 Å². The number of hydrogen-bond acceptors (Lipinski definition) is 3. The zero-order valence-electron chi connectivity index (χ0n) is 18.2. The second kappa shape index (κ2) is 10.6. The molecule has 3 aromatic rings. The fourth-order valence-electron chi connectivity index (χ4n) is 3.51. The highest BCUT2D eigenvalue weighted by atomic mass is 19.2. The molecule has 0 unspecified atom stereocenters. The summed E-state index contributed by atoms with van der Waals surface area (Å²) in [5, 5.41) is 0. The van der Waals surface area contributed by atoms with Gasteiger partial charge in [-0.15, -0.1) is 0 Å². The number of rotatable bonds is 5. The maximum atomic E-state index is 14.7. The lowest BCUT2D eigenvalue weighted by molar-refractivity contribution is -0.164. The maximum absolute atomic E-state index is 14.7. The van der Waals surface area contributed by atoms with Gasteiger partial charge in [0.05, 0.1) is 24.7 Å². The van der Waals surface area contributed by atoms with E-state index in [9.17, 15) is 13.2 Å². The summed E-state index contributed by atoms with van der Waals surface area (Å²) >= 11 is 0. The van der Waals surface area contributed by atoms with E-state index in [-0.39, 0.29) is 29.3 Å². The van der Waals surface area contributed by atoms with Crippen LogP contribution in [0.25, 0.3) is 22.3 Å². The molecule has 0 aliphatic carbocycles. The minimum atomic E-state index is -1.10. The molecule has 0 spiro atoms. The Morgan fingerprint density at radius 2 is 1.62 bits per heavy atom. The Labute approximate surface area is 197 Å². The molecular weight excluding hydrogens is 440 g/mol. The molecule has 1 aliphatic rings. The van der Waals surface area contributed by atoms with Gasteiger partial charge in [-0.25, -0.2) is 8.78 Å². The molecule has 0 atom stereocenters. The first kappa shape index (κ1) is 23.7. The molecule has 1 saturated heterocycles. The predicted octanol–water partition coefficient (Wildman–Crippen LogP) is 5.47. The van der Waals surface area contributed by atoms with Crippen molar-refractivity contribution in [3.05, 3.63) is 90.3 Å². The largest absolute Gasteiger partial charge is 0.500 e. The van der Waals surface area contributed by atoms with Gasteiger partial charge in [-0.1, -0.05) is 48.8 Å². The Kier molecular flexibility index (Phi) is 7.41. The molecule has 1 aliphatic heterocycles. The van der Waals surface area contributed by atoms with Gasteiger partial charge in [0.1, 0.15) is 13.7 Å². The smallest absolute Gasteiger partial charge is 0.201 e. The van der Waals surface area contributed by atoms with Gasteiger partial charge in [-0.05, 0) is 47.0 Å². The molecule has 2 radical (unpaired) electrons. The van der Waals surface area contributed by atoms with Crippen LogP contribution in [0.3, 0.4) is 0 Å². The third-order valence-corrected chi connectivity index (χ3v) is 5.31. The van der Waals surface area contributed by atoms with Gasteiger partial charge in [0.15, 0.2) is 17.9 Å². The summed E-state index contributed by atoms with van der Waals surface area (Å²) in [5.74, 6) is 2.84. The molecule has 1 heterocycles. The lowest BCUT2D eigenvalue weighted by atomic mass is 9.98. The van der Waals surface area contributed by atoms with E-state index in [1.165, 1.54) is 18.2 Å². The topological polar surface area (TPSA) is 27.7 Å². The normalized spacial score (nSPS) is 17.5. The van der Waals surface area contributed by atoms with Crippen molar-refractivity contribution in [1.82, 2.24) is 0 Å². The molecule has 0 saturated carbocycles. The third kappa shape index (κ3) is 5.19. The number of hydrogen-bond donors (Lipinski definition) is 0. The van der Waals surface area contributed by atoms with Crippen LogP contribution in [0.1, 0.15) is 5.56 Å². The summed E-state index contributed by atoms with van der Waals surface area (Å²) in [7, 11) is 5.22. The molecule has 1 fully saturated rings. The second-order valence-corrected chi connectivity index (χ2v) is 7.56. The molecule has 170 valence electrons. The summed E-state index contributed by atoms with van der Waals surface area (Å²) in [6.07, 6.45) is 1.14. The van der Waals surface area contributed by atoms with Gasteiger partial charge >= 0.3 is 0 Å². The van der Waals surface area contributed by atoms with Crippen molar-refractivity contribution >= 4 is 7.85 Å². The monoisotopic (exact) mass is 460 g/mol. The highest BCUT2D eigenvalue weighted by Crippen LogP contribution is 2.31. The van der Waals surface area contributed by atoms with Crippen LogP contribution in [0.5, 0.6) is 5.75 Å². The lowest BCUT2D eigenvalue weighted by Crippen LogP contribution is -2.29. The van der Waals surface area contributed by atoms with E-state index < -0.39 is 23.7 Å². The van der Waals surface area contributed by atoms with E-state index in [2.05, 4.69) is 18.4 Å². The van der Waals surface area contributed by atoms with Gasteiger partial charge < -0.3 is 14.2 Å². The minimum Gasteiger partial charge on any atom is -0.500 e. The zero-order chi connectivity index (χ0) is 24.1. The number of halogens is 3. The number of benzene rings is 3. The molecule has 7 heteroatoms. The fraction of sp³-hybridized carbons (Fsp3) is 0.185. The Morgan fingerprint density at radius 3 is 2.26 bits per heavy atom. The van der Waals surface area contributed by atoms with Crippen molar-refractivity contribution in [2.75, 3.05) is 19.7 Å². The summed E-state index contributed by atoms with van der Waals surface area (Å²) in [5.41, 5.74) is 2.17. The average molecular weight is 460 g/mol. The number of ether oxygens (including phenoxy) is 3. The maximum Gasteiger partial charge on any atom is 0.201 e. The van der Waals surface area contributed by atoms with Crippen LogP contribution in [-0.4, -0.2) is 33.9 Å². The zero-order valence-corrected chi connectivity index (χ0v) is 18.2. The van der Waals surface area contributed by atoms with E-state index in [4.69, 9.17) is 22.1 Å². The Morgan fingerprint density at radius 1 is 0.941 bits per heavy atom. The van der Waals surface area contributed by atoms with E-state index in [0.29, 0.717) is 24.3 Å². The first-order chi connectivity index (χ1) is 16.5. The molecule has 4 rings (SSSR count). The second-order valence-electron chi connectivity index (χ2n) is 7.56. The van der Waals surface area contributed by atoms with Gasteiger partial charge in [0.2, 0.25) is 5.82 Å². The van der Waals surface area contributed by atoms with Gasteiger partial charge in [0.25, 0.3) is 0 Å². The van der Waals surface area contributed by atoms with E-state index in [1.54, 1.807) is 42.5 Å². The third-order valence-electron chi connectivity index (χ3n) is 5.31. The van der Waals surface area contributed by atoms with Crippen LogP contribution in [0.2, 0.25) is 0 Å². The predicted molar refractivity (Wildman–Crippen MR) is 125 cm³/mol. The van der Waals surface area contributed by atoms with Crippen LogP contribution >= 0.6 is 0 Å². The van der Waals surface area contributed by atoms with Crippen LogP contribution in [-0.2, 0) is 9.47 Å². The Hall–Kier alpha value is -3.47. The Bertz CT molecular complexity index is 1240. The quantitative estimate of drug-likeness (QED) is 0.287.